The Bertz CT molecular complexity index is 353. The van der Waals surface area contributed by atoms with E-state index in [1.807, 2.05) is 6.07 Å². The van der Waals surface area contributed by atoms with Crippen molar-refractivity contribution in [2.75, 3.05) is 0 Å². The van der Waals surface area contributed by atoms with Crippen molar-refractivity contribution < 1.29 is 4.79 Å². The molecule has 1 heterocycles. The van der Waals surface area contributed by atoms with Crippen molar-refractivity contribution in [3.05, 3.63) is 17.5 Å². The quantitative estimate of drug-likeness (QED) is 0.817. The molecular weight excluding hydrogens is 202 g/mol. The number of nitrogens with one attached hydrogen (secondary N) is 2. The molecule has 2 rings (SSSR count). The maximum absolute atomic E-state index is 11.8. The number of H-pyrrole nitrogens is 1. The van der Waals surface area contributed by atoms with Gasteiger partial charge in [-0.25, -0.2) is 0 Å². The minimum Gasteiger partial charge on any atom is -0.348 e. The molecule has 1 amide bonds. The Morgan fingerprint density at radius 2 is 2.31 bits per heavy atom. The zero-order chi connectivity index (χ0) is 11.4. The number of nitrogens with zero attached hydrogens (tertiary/aromatic N) is 1. The number of carbonyl (C=O) groups excluding carboxylic acids is 1. The van der Waals surface area contributed by atoms with Gasteiger partial charge in [-0.3, -0.25) is 9.89 Å². The first-order valence-corrected chi connectivity index (χ1v) is 6.14. The molecule has 1 aromatic heterocycles. The Balaban J connectivity index is 1.91. The molecule has 0 unspecified atom stereocenters. The molecule has 4 heteroatoms. The van der Waals surface area contributed by atoms with E-state index in [9.17, 15) is 4.79 Å². The molecule has 0 spiro atoms. The molecule has 0 aliphatic heterocycles. The fourth-order valence-electron chi connectivity index (χ4n) is 2.20. The lowest BCUT2D eigenvalue weighted by Gasteiger charge is -2.09. The third-order valence-electron chi connectivity index (χ3n) is 3.07. The van der Waals surface area contributed by atoms with Gasteiger partial charge in [0.2, 0.25) is 0 Å². The summed E-state index contributed by atoms with van der Waals surface area (Å²) in [5.41, 5.74) is 1.56. The van der Waals surface area contributed by atoms with Crippen molar-refractivity contribution in [2.24, 2.45) is 0 Å². The number of rotatable bonds is 4. The first-order valence-electron chi connectivity index (χ1n) is 6.14. The van der Waals surface area contributed by atoms with E-state index in [1.54, 1.807) is 0 Å². The van der Waals surface area contributed by atoms with Crippen LogP contribution in [0, 0.1) is 0 Å². The summed E-state index contributed by atoms with van der Waals surface area (Å²) in [4.78, 5) is 11.8. The summed E-state index contributed by atoms with van der Waals surface area (Å²) >= 11 is 0. The number of hydrogen-bond acceptors (Lipinski definition) is 2. The molecule has 88 valence electrons. The van der Waals surface area contributed by atoms with Crippen molar-refractivity contribution in [1.82, 2.24) is 15.5 Å². The number of aromatic amines is 1. The van der Waals surface area contributed by atoms with E-state index in [0.29, 0.717) is 11.7 Å². The Hall–Kier alpha value is -1.32. The molecule has 1 fully saturated rings. The molecule has 1 saturated carbocycles. The number of carbonyl (C=O) groups is 1. The fraction of sp³-hybridized carbons (Fsp3) is 0.667. The van der Waals surface area contributed by atoms with Gasteiger partial charge in [0.05, 0.1) is 0 Å². The summed E-state index contributed by atoms with van der Waals surface area (Å²) in [5, 5.41) is 9.97. The van der Waals surface area contributed by atoms with Gasteiger partial charge in [0.1, 0.15) is 5.69 Å². The van der Waals surface area contributed by atoms with Crippen LogP contribution >= 0.6 is 0 Å². The monoisotopic (exact) mass is 221 g/mol. The highest BCUT2D eigenvalue weighted by Gasteiger charge is 2.19. The second kappa shape index (κ2) is 5.14. The Kier molecular flexibility index (Phi) is 3.59. The van der Waals surface area contributed by atoms with Crippen molar-refractivity contribution in [3.63, 3.8) is 0 Å². The van der Waals surface area contributed by atoms with Gasteiger partial charge in [-0.2, -0.15) is 5.10 Å². The molecule has 1 aliphatic carbocycles. The second-order valence-electron chi connectivity index (χ2n) is 4.48. The highest BCUT2D eigenvalue weighted by atomic mass is 16.2. The molecule has 1 aromatic rings. The number of amides is 1. The van der Waals surface area contributed by atoms with Crippen molar-refractivity contribution >= 4 is 5.91 Å². The minimum absolute atomic E-state index is 0.0366. The maximum atomic E-state index is 11.8. The molecule has 2 N–H and O–H groups in total. The summed E-state index contributed by atoms with van der Waals surface area (Å²) in [7, 11) is 0. The van der Waals surface area contributed by atoms with E-state index >= 15 is 0 Å². The molecule has 0 saturated heterocycles. The van der Waals surface area contributed by atoms with E-state index in [4.69, 9.17) is 0 Å². The van der Waals surface area contributed by atoms with Crippen LogP contribution in [0.2, 0.25) is 0 Å². The molecule has 4 nitrogen and oxygen atoms in total. The average Bonchev–Trinajstić information content (AvgIpc) is 2.89. The van der Waals surface area contributed by atoms with Gasteiger partial charge in [-0.05, 0) is 25.3 Å². The van der Waals surface area contributed by atoms with Gasteiger partial charge in [0, 0.05) is 11.7 Å². The van der Waals surface area contributed by atoms with Gasteiger partial charge < -0.3 is 5.32 Å². The van der Waals surface area contributed by atoms with Crippen LogP contribution in [0.1, 0.15) is 55.2 Å². The molecule has 1 aliphatic rings. The van der Waals surface area contributed by atoms with E-state index in [-0.39, 0.29) is 5.91 Å². The molecular formula is C12H19N3O. The van der Waals surface area contributed by atoms with Crippen LogP contribution in [0.5, 0.6) is 0 Å². The topological polar surface area (TPSA) is 57.8 Å². The van der Waals surface area contributed by atoms with Crippen LogP contribution in [0.15, 0.2) is 6.07 Å². The Morgan fingerprint density at radius 3 is 3.00 bits per heavy atom. The van der Waals surface area contributed by atoms with Crippen LogP contribution < -0.4 is 5.32 Å². The van der Waals surface area contributed by atoms with E-state index in [1.165, 1.54) is 12.8 Å². The van der Waals surface area contributed by atoms with Crippen LogP contribution in [0.25, 0.3) is 0 Å². The summed E-state index contributed by atoms with van der Waals surface area (Å²) in [6, 6.07) is 2.21. The first-order chi connectivity index (χ1) is 7.79. The molecule has 0 radical (unpaired) electrons. The van der Waals surface area contributed by atoms with Gasteiger partial charge in [0.25, 0.3) is 5.91 Å². The largest absolute Gasteiger partial charge is 0.348 e. The molecule has 0 atom stereocenters. The van der Waals surface area contributed by atoms with E-state index in [2.05, 4.69) is 22.4 Å². The van der Waals surface area contributed by atoms with Gasteiger partial charge in [0.15, 0.2) is 0 Å². The van der Waals surface area contributed by atoms with Gasteiger partial charge in [-0.1, -0.05) is 26.2 Å². The van der Waals surface area contributed by atoms with Crippen molar-refractivity contribution in [3.8, 4) is 0 Å². The lowest BCUT2D eigenvalue weighted by atomic mass is 10.2. The van der Waals surface area contributed by atoms with Crippen molar-refractivity contribution in [2.45, 2.75) is 51.5 Å². The molecule has 0 aromatic carbocycles. The highest BCUT2D eigenvalue weighted by molar-refractivity contribution is 5.92. The van der Waals surface area contributed by atoms with Crippen molar-refractivity contribution in [1.29, 1.82) is 0 Å². The highest BCUT2D eigenvalue weighted by Crippen LogP contribution is 2.18. The number of hydrogen-bond donors (Lipinski definition) is 2. The standard InChI is InChI=1S/C12H19N3O/c1-2-5-10-8-11(15-14-10)12(16)13-9-6-3-4-7-9/h8-9H,2-7H2,1H3,(H,13,16)(H,14,15). The first kappa shape index (κ1) is 11.2. The average molecular weight is 221 g/mol. The second-order valence-corrected chi connectivity index (χ2v) is 4.48. The SMILES string of the molecule is CCCc1cc(C(=O)NC2CCCC2)n[nH]1. The van der Waals surface area contributed by atoms with Gasteiger partial charge >= 0.3 is 0 Å². The third-order valence-corrected chi connectivity index (χ3v) is 3.07. The summed E-state index contributed by atoms with van der Waals surface area (Å²) < 4.78 is 0. The zero-order valence-corrected chi connectivity index (χ0v) is 9.75. The number of aromatic nitrogens is 2. The Morgan fingerprint density at radius 1 is 1.56 bits per heavy atom. The lowest BCUT2D eigenvalue weighted by Crippen LogP contribution is -2.32. The summed E-state index contributed by atoms with van der Waals surface area (Å²) in [6.07, 6.45) is 6.69. The normalized spacial score (nSPS) is 16.6. The summed E-state index contributed by atoms with van der Waals surface area (Å²) in [5.74, 6) is -0.0366. The minimum atomic E-state index is -0.0366. The lowest BCUT2D eigenvalue weighted by molar-refractivity contribution is 0.0933. The van der Waals surface area contributed by atoms with Gasteiger partial charge in [-0.15, -0.1) is 0 Å². The van der Waals surface area contributed by atoms with Crippen LogP contribution in [0.4, 0.5) is 0 Å². The predicted molar refractivity (Wildman–Crippen MR) is 62.3 cm³/mol. The predicted octanol–water partition coefficient (Wildman–Crippen LogP) is 2.03. The third kappa shape index (κ3) is 2.62. The summed E-state index contributed by atoms with van der Waals surface area (Å²) in [6.45, 7) is 2.11. The molecule has 0 bridgehead atoms. The maximum Gasteiger partial charge on any atom is 0.271 e. The fourth-order valence-corrected chi connectivity index (χ4v) is 2.20. The van der Waals surface area contributed by atoms with Crippen LogP contribution in [-0.2, 0) is 6.42 Å². The Labute approximate surface area is 95.8 Å². The van der Waals surface area contributed by atoms with E-state index in [0.717, 1.165) is 31.4 Å². The van der Waals surface area contributed by atoms with Crippen LogP contribution in [0.3, 0.4) is 0 Å². The smallest absolute Gasteiger partial charge is 0.271 e. The van der Waals surface area contributed by atoms with Crippen LogP contribution in [-0.4, -0.2) is 22.1 Å². The number of aryl methyl sites for hydroxylation is 1. The van der Waals surface area contributed by atoms with E-state index < -0.39 is 0 Å². The molecule has 16 heavy (non-hydrogen) atoms. The zero-order valence-electron chi connectivity index (χ0n) is 9.75.